The van der Waals surface area contributed by atoms with Crippen molar-refractivity contribution < 1.29 is 85.1 Å². The molecule has 0 bridgehead atoms. The molecular weight excluding hydrogens is 390 g/mol. The number of hydrogen-bond acceptors (Lipinski definition) is 8. The van der Waals surface area contributed by atoms with E-state index in [9.17, 15) is 25.9 Å². The normalized spacial score (nSPS) is 15.4. The van der Waals surface area contributed by atoms with Gasteiger partial charge >= 0.3 is 59.1 Å². The van der Waals surface area contributed by atoms with Crippen LogP contribution in [0, 0.1) is 0 Å². The average molecular weight is 402 g/mol. The molecule has 25 heavy (non-hydrogen) atoms. The maximum atomic E-state index is 11.3. The topological polar surface area (TPSA) is 138 Å². The zero-order valence-corrected chi connectivity index (χ0v) is 19.7. The van der Waals surface area contributed by atoms with Crippen molar-refractivity contribution in [1.82, 2.24) is 0 Å². The molecule has 1 aliphatic rings. The standard InChI is InChI=1S/C13H14N2O6S2.2Na/c1-13(2)14-10-5-8(22(16,17)18)3-7-4-9(23(19,20)21)6-11(15-13)12(7)10;;/h3-6,14-15H,1-2H3,(H,16,17,18)(H,19,20,21);;/q;2*+1/p-2. The number of nitrogens with one attached hydrogen (secondary N) is 2. The van der Waals surface area contributed by atoms with E-state index in [-0.39, 0.29) is 64.5 Å². The quantitative estimate of drug-likeness (QED) is 0.377. The Balaban J connectivity index is 0.00000156. The Labute approximate surface area is 189 Å². The van der Waals surface area contributed by atoms with Crippen molar-refractivity contribution in [2.75, 3.05) is 10.6 Å². The molecule has 1 aliphatic heterocycles. The first-order valence-corrected chi connectivity index (χ1v) is 9.28. The largest absolute Gasteiger partial charge is 1.00 e. The van der Waals surface area contributed by atoms with Crippen LogP contribution in [0.5, 0.6) is 0 Å². The van der Waals surface area contributed by atoms with Crippen molar-refractivity contribution in [2.45, 2.75) is 29.3 Å². The summed E-state index contributed by atoms with van der Waals surface area (Å²) in [5.41, 5.74) is -0.00717. The van der Waals surface area contributed by atoms with E-state index in [1.807, 2.05) is 0 Å². The van der Waals surface area contributed by atoms with Crippen LogP contribution in [-0.4, -0.2) is 31.6 Å². The molecule has 0 radical (unpaired) electrons. The van der Waals surface area contributed by atoms with Crippen molar-refractivity contribution in [3.8, 4) is 0 Å². The van der Waals surface area contributed by atoms with Gasteiger partial charge in [-0.3, -0.25) is 0 Å². The maximum Gasteiger partial charge on any atom is 1.00 e. The summed E-state index contributed by atoms with van der Waals surface area (Å²) in [6.45, 7) is 3.47. The Morgan fingerprint density at radius 2 is 1.16 bits per heavy atom. The van der Waals surface area contributed by atoms with Gasteiger partial charge in [0.15, 0.2) is 0 Å². The van der Waals surface area contributed by atoms with Gasteiger partial charge in [-0.2, -0.15) is 0 Å². The van der Waals surface area contributed by atoms with E-state index in [0.29, 0.717) is 16.8 Å². The van der Waals surface area contributed by atoms with Crippen molar-refractivity contribution in [3.63, 3.8) is 0 Å². The van der Waals surface area contributed by atoms with Gasteiger partial charge in [-0.1, -0.05) is 0 Å². The molecule has 2 N–H and O–H groups in total. The third kappa shape index (κ3) is 4.70. The minimum absolute atomic E-state index is 0. The molecule has 3 rings (SSSR count). The van der Waals surface area contributed by atoms with Crippen molar-refractivity contribution in [1.29, 1.82) is 0 Å². The van der Waals surface area contributed by atoms with Gasteiger partial charge in [0.2, 0.25) is 0 Å². The predicted molar refractivity (Wildman–Crippen MR) is 81.2 cm³/mol. The fourth-order valence-corrected chi connectivity index (χ4v) is 3.72. The molecule has 0 fully saturated rings. The number of rotatable bonds is 2. The summed E-state index contributed by atoms with van der Waals surface area (Å²) >= 11 is 0. The van der Waals surface area contributed by atoms with E-state index in [1.165, 1.54) is 12.1 Å². The summed E-state index contributed by atoms with van der Waals surface area (Å²) in [5, 5.41) is 6.73. The molecule has 0 atom stereocenters. The zero-order chi connectivity index (χ0) is 17.2. The molecule has 0 saturated carbocycles. The second-order valence-corrected chi connectivity index (χ2v) is 8.58. The van der Waals surface area contributed by atoms with E-state index < -0.39 is 35.7 Å². The van der Waals surface area contributed by atoms with E-state index in [4.69, 9.17) is 0 Å². The van der Waals surface area contributed by atoms with Gasteiger partial charge in [-0.15, -0.1) is 0 Å². The molecule has 2 aromatic carbocycles. The molecule has 0 amide bonds. The summed E-state index contributed by atoms with van der Waals surface area (Å²) < 4.78 is 67.9. The first-order chi connectivity index (χ1) is 10.4. The first-order valence-electron chi connectivity index (χ1n) is 6.47. The molecule has 0 aliphatic carbocycles. The molecule has 124 valence electrons. The van der Waals surface area contributed by atoms with Crippen LogP contribution in [-0.2, 0) is 20.2 Å². The second kappa shape index (κ2) is 7.27. The van der Waals surface area contributed by atoms with Crippen LogP contribution in [0.3, 0.4) is 0 Å². The summed E-state index contributed by atoms with van der Waals surface area (Å²) in [5.74, 6) is 0. The van der Waals surface area contributed by atoms with Gasteiger partial charge < -0.3 is 19.7 Å². The van der Waals surface area contributed by atoms with Crippen LogP contribution >= 0.6 is 0 Å². The van der Waals surface area contributed by atoms with Gasteiger partial charge in [0.1, 0.15) is 25.9 Å². The van der Waals surface area contributed by atoms with Crippen molar-refractivity contribution in [2.24, 2.45) is 0 Å². The molecule has 2 aromatic rings. The van der Waals surface area contributed by atoms with Gasteiger partial charge in [0, 0.05) is 16.8 Å². The van der Waals surface area contributed by atoms with Gasteiger partial charge in [0.05, 0.1) is 9.79 Å². The molecule has 0 unspecified atom stereocenters. The summed E-state index contributed by atoms with van der Waals surface area (Å²) in [4.78, 5) is -1.01. The van der Waals surface area contributed by atoms with Crippen LogP contribution in [0.4, 0.5) is 11.4 Å². The van der Waals surface area contributed by atoms with E-state index in [0.717, 1.165) is 12.1 Å². The van der Waals surface area contributed by atoms with Gasteiger partial charge in [-0.25, -0.2) is 16.8 Å². The average Bonchev–Trinajstić information content (AvgIpc) is 2.33. The Morgan fingerprint density at radius 3 is 1.48 bits per heavy atom. The molecular formula is C13H12N2Na2O6S2. The van der Waals surface area contributed by atoms with Gasteiger partial charge in [-0.05, 0) is 43.5 Å². The van der Waals surface area contributed by atoms with Crippen LogP contribution < -0.4 is 69.7 Å². The Morgan fingerprint density at radius 1 is 0.800 bits per heavy atom. The molecule has 1 heterocycles. The smallest absolute Gasteiger partial charge is 0.744 e. The van der Waals surface area contributed by atoms with E-state index in [1.54, 1.807) is 13.8 Å². The Kier molecular flexibility index (Phi) is 6.73. The Bertz CT molecular complexity index is 973. The molecule has 0 spiro atoms. The van der Waals surface area contributed by atoms with Gasteiger partial charge in [0.25, 0.3) is 0 Å². The SMILES string of the molecule is CC1(C)Nc2cc(S(=O)(=O)[O-])cc3cc(S(=O)(=O)[O-])cc(c23)N1.[Na+].[Na+]. The molecule has 12 heteroatoms. The molecule has 8 nitrogen and oxygen atoms in total. The van der Waals surface area contributed by atoms with Crippen LogP contribution in [0.1, 0.15) is 13.8 Å². The van der Waals surface area contributed by atoms with E-state index >= 15 is 0 Å². The monoisotopic (exact) mass is 402 g/mol. The Hall–Kier alpha value is 0.120. The minimum Gasteiger partial charge on any atom is -0.744 e. The third-order valence-corrected chi connectivity index (χ3v) is 5.09. The fourth-order valence-electron chi connectivity index (χ4n) is 2.65. The minimum atomic E-state index is -4.74. The first kappa shape index (κ1) is 23.2. The van der Waals surface area contributed by atoms with Crippen LogP contribution in [0.15, 0.2) is 34.1 Å². The summed E-state index contributed by atoms with van der Waals surface area (Å²) in [6, 6.07) is 4.51. The summed E-state index contributed by atoms with van der Waals surface area (Å²) in [7, 11) is -9.48. The van der Waals surface area contributed by atoms with Crippen molar-refractivity contribution >= 4 is 42.4 Å². The van der Waals surface area contributed by atoms with E-state index in [2.05, 4.69) is 10.6 Å². The zero-order valence-electron chi connectivity index (χ0n) is 14.1. The second-order valence-electron chi connectivity index (χ2n) is 5.82. The number of anilines is 2. The molecule has 0 saturated heterocycles. The maximum absolute atomic E-state index is 11.3. The third-order valence-electron chi connectivity index (χ3n) is 3.47. The van der Waals surface area contributed by atoms with Crippen LogP contribution in [0.2, 0.25) is 0 Å². The molecule has 0 aromatic heterocycles. The van der Waals surface area contributed by atoms with Crippen LogP contribution in [0.25, 0.3) is 10.8 Å². The number of hydrogen-bond donors (Lipinski definition) is 2. The van der Waals surface area contributed by atoms with Crippen molar-refractivity contribution in [3.05, 3.63) is 24.3 Å². The fraction of sp³-hybridized carbons (Fsp3) is 0.231. The number of benzene rings is 2. The predicted octanol–water partition coefficient (Wildman–Crippen LogP) is -4.77. The summed E-state index contributed by atoms with van der Waals surface area (Å²) in [6.07, 6.45) is 0.